The predicted molar refractivity (Wildman–Crippen MR) is 121 cm³/mol. The van der Waals surface area contributed by atoms with Crippen LogP contribution in [0.5, 0.6) is 5.88 Å². The van der Waals surface area contributed by atoms with Crippen LogP contribution in [0.1, 0.15) is 87.9 Å². The third-order valence-corrected chi connectivity index (χ3v) is 7.98. The molecular weight excluding hydrogens is 388 g/mol. The average Bonchev–Trinajstić information content (AvgIpc) is 3.42. The third-order valence-electron chi connectivity index (χ3n) is 7.98. The zero-order valence-corrected chi connectivity index (χ0v) is 19.1. The maximum atomic E-state index is 12.7. The van der Waals surface area contributed by atoms with E-state index in [1.807, 2.05) is 0 Å². The molecule has 1 aliphatic heterocycles. The van der Waals surface area contributed by atoms with Crippen molar-refractivity contribution in [3.63, 3.8) is 0 Å². The molecule has 3 heterocycles. The molecule has 0 atom stereocenters. The van der Waals surface area contributed by atoms with Crippen LogP contribution >= 0.6 is 0 Å². The molecule has 6 heteroatoms. The largest absolute Gasteiger partial charge is 0.474 e. The molecule has 3 fully saturated rings. The van der Waals surface area contributed by atoms with E-state index in [0.717, 1.165) is 55.7 Å². The van der Waals surface area contributed by atoms with Crippen LogP contribution in [0.15, 0.2) is 6.33 Å². The first kappa shape index (κ1) is 20.8. The topological polar surface area (TPSA) is 60.2 Å². The number of aryl methyl sites for hydroxylation is 1. The highest BCUT2D eigenvalue weighted by molar-refractivity contribution is 5.86. The fraction of sp³-hybridized carbons (Fsp3) is 0.720. The number of likely N-dealkylation sites (tertiary alicyclic amines) is 1. The van der Waals surface area contributed by atoms with Gasteiger partial charge in [-0.1, -0.05) is 32.1 Å². The minimum Gasteiger partial charge on any atom is -0.474 e. The normalized spacial score (nSPS) is 21.8. The zero-order valence-electron chi connectivity index (χ0n) is 19.1. The van der Waals surface area contributed by atoms with Gasteiger partial charge < -0.3 is 14.2 Å². The molecule has 2 saturated carbocycles. The number of hydrogen-bond donors (Lipinski definition) is 0. The van der Waals surface area contributed by atoms with Crippen LogP contribution in [0.25, 0.3) is 11.0 Å². The quantitative estimate of drug-likeness (QED) is 0.684. The van der Waals surface area contributed by atoms with Crippen molar-refractivity contribution in [2.24, 2.45) is 5.92 Å². The highest BCUT2D eigenvalue weighted by atomic mass is 16.5. The zero-order chi connectivity index (χ0) is 21.4. The van der Waals surface area contributed by atoms with E-state index in [2.05, 4.69) is 28.3 Å². The minimum absolute atomic E-state index is 0.114. The van der Waals surface area contributed by atoms with Crippen molar-refractivity contribution >= 4 is 16.9 Å². The molecule has 168 valence electrons. The van der Waals surface area contributed by atoms with Gasteiger partial charge in [-0.15, -0.1) is 0 Å². The fourth-order valence-corrected chi connectivity index (χ4v) is 6.05. The Morgan fingerprint density at radius 3 is 2.32 bits per heavy atom. The lowest BCUT2D eigenvalue weighted by Gasteiger charge is -2.33. The van der Waals surface area contributed by atoms with Gasteiger partial charge in [-0.3, -0.25) is 4.79 Å². The Balaban J connectivity index is 1.31. The first-order valence-electron chi connectivity index (χ1n) is 12.4. The number of aromatic nitrogens is 3. The Morgan fingerprint density at radius 2 is 1.61 bits per heavy atom. The molecule has 6 nitrogen and oxygen atoms in total. The maximum absolute atomic E-state index is 12.7. The summed E-state index contributed by atoms with van der Waals surface area (Å²) in [5, 5.41) is 1.08. The van der Waals surface area contributed by atoms with E-state index < -0.39 is 0 Å². The van der Waals surface area contributed by atoms with Crippen LogP contribution in [0.4, 0.5) is 0 Å². The van der Waals surface area contributed by atoms with E-state index in [4.69, 9.17) is 9.72 Å². The van der Waals surface area contributed by atoms with Crippen molar-refractivity contribution in [1.82, 2.24) is 19.4 Å². The van der Waals surface area contributed by atoms with Crippen molar-refractivity contribution in [2.45, 2.75) is 96.6 Å². The Labute approximate surface area is 185 Å². The number of ether oxygens (including phenoxy) is 1. The second kappa shape index (κ2) is 8.79. The molecule has 0 aromatic carbocycles. The summed E-state index contributed by atoms with van der Waals surface area (Å²) in [5.41, 5.74) is 3.56. The van der Waals surface area contributed by atoms with Crippen molar-refractivity contribution in [2.75, 3.05) is 13.1 Å². The lowest BCUT2D eigenvalue weighted by molar-refractivity contribution is -0.137. The van der Waals surface area contributed by atoms with Gasteiger partial charge in [0.05, 0.1) is 5.39 Å². The van der Waals surface area contributed by atoms with Crippen LogP contribution in [0.2, 0.25) is 0 Å². The summed E-state index contributed by atoms with van der Waals surface area (Å²) in [6.07, 6.45) is 14.5. The van der Waals surface area contributed by atoms with Gasteiger partial charge in [-0.2, -0.15) is 0 Å². The monoisotopic (exact) mass is 424 g/mol. The summed E-state index contributed by atoms with van der Waals surface area (Å²) in [7, 11) is 0. The maximum Gasteiger partial charge on any atom is 0.226 e. The van der Waals surface area contributed by atoms with Crippen LogP contribution in [-0.4, -0.2) is 44.5 Å². The summed E-state index contributed by atoms with van der Waals surface area (Å²) in [6.45, 7) is 5.99. The molecular formula is C25H36N4O2. The molecule has 1 amide bonds. The minimum atomic E-state index is 0.114. The lowest BCUT2D eigenvalue weighted by atomic mass is 9.95. The van der Waals surface area contributed by atoms with Gasteiger partial charge in [0, 0.05) is 43.6 Å². The van der Waals surface area contributed by atoms with Gasteiger partial charge in [0.1, 0.15) is 18.1 Å². The van der Waals surface area contributed by atoms with Gasteiger partial charge in [0.25, 0.3) is 0 Å². The van der Waals surface area contributed by atoms with Crippen LogP contribution in [0.3, 0.4) is 0 Å². The number of fused-ring (bicyclic) bond motifs is 1. The SMILES string of the molecule is Cc1c(C)n(C2CCCCC2)c2ncnc(OC3CCN(C(=O)C4CCCC4)CC3)c12. The molecule has 0 N–H and O–H groups in total. The Bertz CT molecular complexity index is 933. The summed E-state index contributed by atoms with van der Waals surface area (Å²) in [5.74, 6) is 1.36. The molecule has 0 spiro atoms. The molecule has 2 aromatic heterocycles. The number of carbonyl (C=O) groups is 1. The van der Waals surface area contributed by atoms with Gasteiger partial charge >= 0.3 is 0 Å². The fourth-order valence-electron chi connectivity index (χ4n) is 6.05. The van der Waals surface area contributed by atoms with Crippen LogP contribution < -0.4 is 4.74 Å². The highest BCUT2D eigenvalue weighted by Gasteiger charge is 2.31. The smallest absolute Gasteiger partial charge is 0.226 e. The summed E-state index contributed by atoms with van der Waals surface area (Å²) < 4.78 is 8.90. The van der Waals surface area contributed by atoms with Crippen molar-refractivity contribution < 1.29 is 9.53 Å². The first-order chi connectivity index (χ1) is 15.1. The lowest BCUT2D eigenvalue weighted by Crippen LogP contribution is -2.44. The molecule has 0 bridgehead atoms. The van der Waals surface area contributed by atoms with Gasteiger partial charge in [-0.25, -0.2) is 9.97 Å². The van der Waals surface area contributed by atoms with E-state index in [9.17, 15) is 4.79 Å². The molecule has 1 saturated heterocycles. The van der Waals surface area contributed by atoms with Crippen molar-refractivity contribution in [1.29, 1.82) is 0 Å². The molecule has 31 heavy (non-hydrogen) atoms. The standard InChI is InChI=1S/C25H36N4O2/c1-17-18(2)29(20-10-4-3-5-11-20)23-22(17)24(27-16-26-23)31-21-12-14-28(15-13-21)25(30)19-8-6-7-9-19/h16,19-21H,3-15H2,1-2H3. The summed E-state index contributed by atoms with van der Waals surface area (Å²) in [6, 6.07) is 0.539. The number of carbonyl (C=O) groups excluding carboxylic acids is 1. The Kier molecular flexibility index (Phi) is 5.89. The van der Waals surface area contributed by atoms with Crippen LogP contribution in [-0.2, 0) is 4.79 Å². The molecule has 0 radical (unpaired) electrons. The summed E-state index contributed by atoms with van der Waals surface area (Å²) >= 11 is 0. The highest BCUT2D eigenvalue weighted by Crippen LogP contribution is 2.38. The van der Waals surface area contributed by atoms with Crippen molar-refractivity contribution in [3.8, 4) is 5.88 Å². The molecule has 3 aliphatic rings. The van der Waals surface area contributed by atoms with Gasteiger partial charge in [0.15, 0.2) is 0 Å². The number of rotatable bonds is 4. The van der Waals surface area contributed by atoms with Crippen molar-refractivity contribution in [3.05, 3.63) is 17.6 Å². The predicted octanol–water partition coefficient (Wildman–Crippen LogP) is 5.11. The second-order valence-electron chi connectivity index (χ2n) is 9.87. The molecule has 0 unspecified atom stereocenters. The average molecular weight is 425 g/mol. The third kappa shape index (κ3) is 3.94. The van der Waals surface area contributed by atoms with E-state index in [1.54, 1.807) is 6.33 Å². The Hall–Kier alpha value is -2.11. The Morgan fingerprint density at radius 1 is 0.935 bits per heavy atom. The number of amides is 1. The first-order valence-corrected chi connectivity index (χ1v) is 12.4. The number of nitrogens with zero attached hydrogens (tertiary/aromatic N) is 4. The van der Waals surface area contributed by atoms with E-state index >= 15 is 0 Å². The van der Waals surface area contributed by atoms with E-state index in [1.165, 1.54) is 56.2 Å². The van der Waals surface area contributed by atoms with E-state index in [-0.39, 0.29) is 12.0 Å². The summed E-state index contributed by atoms with van der Waals surface area (Å²) in [4.78, 5) is 24.0. The van der Waals surface area contributed by atoms with Gasteiger partial charge in [0.2, 0.25) is 11.8 Å². The van der Waals surface area contributed by atoms with Gasteiger partial charge in [-0.05, 0) is 45.1 Å². The molecule has 2 aromatic rings. The van der Waals surface area contributed by atoms with E-state index in [0.29, 0.717) is 11.9 Å². The second-order valence-corrected chi connectivity index (χ2v) is 9.87. The number of hydrogen-bond acceptors (Lipinski definition) is 4. The van der Waals surface area contributed by atoms with Crippen LogP contribution in [0, 0.1) is 19.8 Å². The molecule has 5 rings (SSSR count). The number of piperidine rings is 1. The molecule has 2 aliphatic carbocycles.